The van der Waals surface area contributed by atoms with Crippen molar-refractivity contribution in [1.29, 1.82) is 0 Å². The van der Waals surface area contributed by atoms with E-state index in [1.54, 1.807) is 0 Å². The molecule has 126 valence electrons. The number of ketones is 1. The Morgan fingerprint density at radius 3 is 2.38 bits per heavy atom. The van der Waals surface area contributed by atoms with Crippen molar-refractivity contribution in [3.05, 3.63) is 70.8 Å². The van der Waals surface area contributed by atoms with E-state index in [0.717, 1.165) is 5.56 Å². The van der Waals surface area contributed by atoms with Crippen molar-refractivity contribution in [2.45, 2.75) is 40.2 Å². The Labute approximate surface area is 143 Å². The second-order valence-electron chi connectivity index (χ2n) is 6.23. The first kappa shape index (κ1) is 17.9. The fraction of sp³-hybridized carbons (Fsp3) is 0.333. The minimum absolute atomic E-state index is 0.141. The zero-order valence-corrected chi connectivity index (χ0v) is 14.5. The molecule has 0 saturated heterocycles. The van der Waals surface area contributed by atoms with Crippen LogP contribution in [0.2, 0.25) is 0 Å². The maximum absolute atomic E-state index is 12.3. The molecule has 0 amide bonds. The van der Waals surface area contributed by atoms with Crippen LogP contribution >= 0.6 is 0 Å². The van der Waals surface area contributed by atoms with Gasteiger partial charge < -0.3 is 4.74 Å². The van der Waals surface area contributed by atoms with E-state index in [-0.39, 0.29) is 12.4 Å². The number of hydrogen-bond acceptors (Lipinski definition) is 3. The van der Waals surface area contributed by atoms with Crippen LogP contribution in [0, 0.1) is 19.8 Å². The van der Waals surface area contributed by atoms with E-state index in [2.05, 4.69) is 32.0 Å². The quantitative estimate of drug-likeness (QED) is 0.567. The molecule has 0 fully saturated rings. The first-order valence-electron chi connectivity index (χ1n) is 8.24. The molecule has 0 heterocycles. The number of benzene rings is 2. The largest absolute Gasteiger partial charge is 0.460 e. The Bertz CT molecular complexity index is 704. The van der Waals surface area contributed by atoms with Crippen molar-refractivity contribution in [3.63, 3.8) is 0 Å². The van der Waals surface area contributed by atoms with E-state index in [4.69, 9.17) is 4.74 Å². The molecule has 0 spiro atoms. The van der Waals surface area contributed by atoms with Gasteiger partial charge in [-0.15, -0.1) is 0 Å². The van der Waals surface area contributed by atoms with E-state index in [1.165, 1.54) is 23.6 Å². The lowest BCUT2D eigenvalue weighted by molar-refractivity contribution is -0.153. The first-order chi connectivity index (χ1) is 11.5. The molecule has 0 saturated carbocycles. The van der Waals surface area contributed by atoms with Gasteiger partial charge in [-0.1, -0.05) is 54.1 Å². The summed E-state index contributed by atoms with van der Waals surface area (Å²) >= 11 is 0. The van der Waals surface area contributed by atoms with Crippen LogP contribution in [0.25, 0.3) is 0 Å². The van der Waals surface area contributed by atoms with Gasteiger partial charge in [-0.3, -0.25) is 9.59 Å². The molecule has 2 rings (SSSR count). The standard InChI is InChI=1S/C21H24O3/c1-15-9-10-19(16(2)13-15)11-12-20(17(3)22)21(23)24-14-18-7-5-4-6-8-18/h4-10,13,20H,11-12,14H2,1-3H3. The Hall–Kier alpha value is -2.42. The predicted molar refractivity (Wildman–Crippen MR) is 94.6 cm³/mol. The maximum Gasteiger partial charge on any atom is 0.316 e. The second-order valence-corrected chi connectivity index (χ2v) is 6.23. The van der Waals surface area contributed by atoms with Crippen LogP contribution in [0.1, 0.15) is 35.6 Å². The van der Waals surface area contributed by atoms with Crippen molar-refractivity contribution in [2.24, 2.45) is 5.92 Å². The van der Waals surface area contributed by atoms with Gasteiger partial charge in [0.25, 0.3) is 0 Å². The van der Waals surface area contributed by atoms with Crippen molar-refractivity contribution < 1.29 is 14.3 Å². The van der Waals surface area contributed by atoms with Gasteiger partial charge in [0, 0.05) is 0 Å². The van der Waals surface area contributed by atoms with Crippen molar-refractivity contribution in [3.8, 4) is 0 Å². The number of carbonyl (C=O) groups excluding carboxylic acids is 2. The fourth-order valence-electron chi connectivity index (χ4n) is 2.74. The lowest BCUT2D eigenvalue weighted by Gasteiger charge is -2.14. The average Bonchev–Trinajstić information content (AvgIpc) is 2.55. The lowest BCUT2D eigenvalue weighted by atomic mass is 9.94. The van der Waals surface area contributed by atoms with Crippen LogP contribution in [0.4, 0.5) is 0 Å². The number of hydrogen-bond donors (Lipinski definition) is 0. The number of esters is 1. The van der Waals surface area contributed by atoms with Crippen LogP contribution < -0.4 is 0 Å². The summed E-state index contributed by atoms with van der Waals surface area (Å²) in [5.74, 6) is -1.27. The highest BCUT2D eigenvalue weighted by Gasteiger charge is 2.24. The molecule has 2 aromatic carbocycles. The molecule has 2 aromatic rings. The third kappa shape index (κ3) is 5.05. The van der Waals surface area contributed by atoms with Gasteiger partial charge in [-0.25, -0.2) is 0 Å². The summed E-state index contributed by atoms with van der Waals surface area (Å²) in [5.41, 5.74) is 4.49. The molecule has 0 aliphatic rings. The minimum atomic E-state index is -0.700. The zero-order chi connectivity index (χ0) is 17.5. The van der Waals surface area contributed by atoms with Gasteiger partial charge in [0.1, 0.15) is 18.3 Å². The fourth-order valence-corrected chi connectivity index (χ4v) is 2.74. The van der Waals surface area contributed by atoms with Gasteiger partial charge in [0.05, 0.1) is 0 Å². The molecular formula is C21H24O3. The summed E-state index contributed by atoms with van der Waals surface area (Å²) in [4.78, 5) is 24.1. The summed E-state index contributed by atoms with van der Waals surface area (Å²) in [7, 11) is 0. The van der Waals surface area contributed by atoms with Crippen LogP contribution in [0.3, 0.4) is 0 Å². The Balaban J connectivity index is 1.95. The molecular weight excluding hydrogens is 300 g/mol. The van der Waals surface area contributed by atoms with E-state index in [1.807, 2.05) is 30.3 Å². The van der Waals surface area contributed by atoms with Crippen molar-refractivity contribution >= 4 is 11.8 Å². The van der Waals surface area contributed by atoms with E-state index in [0.29, 0.717) is 12.8 Å². The summed E-state index contributed by atoms with van der Waals surface area (Å²) < 4.78 is 5.33. The Morgan fingerprint density at radius 1 is 1.04 bits per heavy atom. The van der Waals surface area contributed by atoms with Gasteiger partial charge in [0.15, 0.2) is 0 Å². The molecule has 0 radical (unpaired) electrons. The molecule has 1 atom stereocenters. The number of carbonyl (C=O) groups is 2. The van der Waals surface area contributed by atoms with Crippen LogP contribution in [0.15, 0.2) is 48.5 Å². The normalized spacial score (nSPS) is 11.8. The van der Waals surface area contributed by atoms with E-state index < -0.39 is 11.9 Å². The molecule has 1 unspecified atom stereocenters. The number of ether oxygens (including phenoxy) is 1. The molecule has 0 aromatic heterocycles. The van der Waals surface area contributed by atoms with Crippen LogP contribution in [0.5, 0.6) is 0 Å². The summed E-state index contributed by atoms with van der Waals surface area (Å²) in [5, 5.41) is 0. The zero-order valence-electron chi connectivity index (χ0n) is 14.5. The summed E-state index contributed by atoms with van der Waals surface area (Å²) in [6.45, 7) is 5.76. The highest BCUT2D eigenvalue weighted by atomic mass is 16.5. The highest BCUT2D eigenvalue weighted by Crippen LogP contribution is 2.17. The van der Waals surface area contributed by atoms with Gasteiger partial charge >= 0.3 is 5.97 Å². The maximum atomic E-state index is 12.3. The Morgan fingerprint density at radius 2 is 1.75 bits per heavy atom. The van der Waals surface area contributed by atoms with Gasteiger partial charge in [-0.05, 0) is 50.3 Å². The average molecular weight is 324 g/mol. The summed E-state index contributed by atoms with van der Waals surface area (Å²) in [6.07, 6.45) is 1.17. The monoisotopic (exact) mass is 324 g/mol. The third-order valence-corrected chi connectivity index (χ3v) is 4.20. The van der Waals surface area contributed by atoms with Crippen molar-refractivity contribution in [2.75, 3.05) is 0 Å². The molecule has 24 heavy (non-hydrogen) atoms. The topological polar surface area (TPSA) is 43.4 Å². The molecule has 3 nitrogen and oxygen atoms in total. The Kier molecular flexibility index (Phi) is 6.30. The van der Waals surface area contributed by atoms with Gasteiger partial charge in [-0.2, -0.15) is 0 Å². The van der Waals surface area contributed by atoms with Crippen molar-refractivity contribution in [1.82, 2.24) is 0 Å². The van der Waals surface area contributed by atoms with E-state index in [9.17, 15) is 9.59 Å². The smallest absolute Gasteiger partial charge is 0.316 e. The minimum Gasteiger partial charge on any atom is -0.460 e. The number of rotatable bonds is 7. The molecule has 0 aliphatic heterocycles. The molecule has 0 bridgehead atoms. The highest BCUT2D eigenvalue weighted by molar-refractivity contribution is 5.97. The second kappa shape index (κ2) is 8.44. The van der Waals surface area contributed by atoms with Gasteiger partial charge in [0.2, 0.25) is 0 Å². The molecule has 0 N–H and O–H groups in total. The van der Waals surface area contributed by atoms with E-state index >= 15 is 0 Å². The number of aryl methyl sites for hydroxylation is 3. The number of Topliss-reactive ketones (excluding diaryl/α,β-unsaturated/α-hetero) is 1. The van der Waals surface area contributed by atoms with Crippen LogP contribution in [-0.2, 0) is 27.4 Å². The first-order valence-corrected chi connectivity index (χ1v) is 8.24. The lowest BCUT2D eigenvalue weighted by Crippen LogP contribution is -2.25. The summed E-state index contributed by atoms with van der Waals surface area (Å²) in [6, 6.07) is 15.7. The predicted octanol–water partition coefficient (Wildman–Crippen LogP) is 4.18. The molecule has 3 heteroatoms. The molecule has 0 aliphatic carbocycles. The van der Waals surface area contributed by atoms with Crippen LogP contribution in [-0.4, -0.2) is 11.8 Å². The SMILES string of the molecule is CC(=O)C(CCc1ccc(C)cc1C)C(=O)OCc1ccccc1. The third-order valence-electron chi connectivity index (χ3n) is 4.20.